The number of benzene rings is 2. The Morgan fingerprint density at radius 2 is 1.53 bits per heavy atom. The van der Waals surface area contributed by atoms with E-state index in [0.717, 1.165) is 16.8 Å². The van der Waals surface area contributed by atoms with Crippen LogP contribution in [0.5, 0.6) is 5.88 Å². The summed E-state index contributed by atoms with van der Waals surface area (Å²) < 4.78 is 1.61. The Morgan fingerprint density at radius 3 is 2.21 bits per heavy atom. The minimum Gasteiger partial charge on any atom is -0.493 e. The Morgan fingerprint density at radius 1 is 0.895 bits per heavy atom. The molecular formula is C16H14N2O. The highest BCUT2D eigenvalue weighted by atomic mass is 16.3. The van der Waals surface area contributed by atoms with Crippen LogP contribution < -0.4 is 0 Å². The summed E-state index contributed by atoms with van der Waals surface area (Å²) in [5, 5.41) is 14.4. The lowest BCUT2D eigenvalue weighted by Crippen LogP contribution is -2.01. The zero-order chi connectivity index (χ0) is 13.1. The first-order valence-corrected chi connectivity index (χ1v) is 6.19. The van der Waals surface area contributed by atoms with Gasteiger partial charge in [-0.2, -0.15) is 5.10 Å². The summed E-state index contributed by atoms with van der Waals surface area (Å²) in [6, 6.07) is 21.5. The van der Waals surface area contributed by atoms with Crippen LogP contribution in [0.2, 0.25) is 0 Å². The van der Waals surface area contributed by atoms with Crippen molar-refractivity contribution in [2.24, 2.45) is 0 Å². The van der Waals surface area contributed by atoms with Crippen molar-refractivity contribution in [1.82, 2.24) is 9.78 Å². The van der Waals surface area contributed by atoms with Gasteiger partial charge in [-0.3, -0.25) is 0 Å². The molecule has 0 aliphatic rings. The van der Waals surface area contributed by atoms with Crippen molar-refractivity contribution in [3.8, 4) is 17.1 Å². The first kappa shape index (κ1) is 11.5. The van der Waals surface area contributed by atoms with E-state index in [9.17, 15) is 5.11 Å². The predicted molar refractivity (Wildman–Crippen MR) is 74.9 cm³/mol. The van der Waals surface area contributed by atoms with Crippen molar-refractivity contribution < 1.29 is 5.11 Å². The number of nitrogens with zero attached hydrogens (tertiary/aromatic N) is 2. The van der Waals surface area contributed by atoms with E-state index in [1.807, 2.05) is 60.7 Å². The third kappa shape index (κ3) is 2.50. The van der Waals surface area contributed by atoms with Crippen LogP contribution in [-0.2, 0) is 6.54 Å². The van der Waals surface area contributed by atoms with Gasteiger partial charge in [0.15, 0.2) is 0 Å². The molecular weight excluding hydrogens is 236 g/mol. The molecule has 3 aromatic rings. The predicted octanol–water partition coefficient (Wildman–Crippen LogP) is 3.30. The van der Waals surface area contributed by atoms with Crippen LogP contribution in [0.15, 0.2) is 66.7 Å². The van der Waals surface area contributed by atoms with Gasteiger partial charge in [-0.25, -0.2) is 4.68 Å². The third-order valence-corrected chi connectivity index (χ3v) is 3.00. The normalized spacial score (nSPS) is 10.5. The highest BCUT2D eigenvalue weighted by Gasteiger charge is 2.08. The molecule has 0 bridgehead atoms. The van der Waals surface area contributed by atoms with Crippen molar-refractivity contribution in [2.45, 2.75) is 6.54 Å². The van der Waals surface area contributed by atoms with Crippen LogP contribution in [0.1, 0.15) is 5.56 Å². The van der Waals surface area contributed by atoms with Crippen LogP contribution in [0, 0.1) is 0 Å². The maximum absolute atomic E-state index is 9.95. The first-order chi connectivity index (χ1) is 9.33. The van der Waals surface area contributed by atoms with Gasteiger partial charge < -0.3 is 5.11 Å². The van der Waals surface area contributed by atoms with E-state index in [0.29, 0.717) is 6.54 Å². The summed E-state index contributed by atoms with van der Waals surface area (Å²) in [5.41, 5.74) is 2.90. The van der Waals surface area contributed by atoms with E-state index in [1.165, 1.54) is 0 Å². The Bertz CT molecular complexity index is 660. The summed E-state index contributed by atoms with van der Waals surface area (Å²) >= 11 is 0. The van der Waals surface area contributed by atoms with Crippen LogP contribution in [0.4, 0.5) is 0 Å². The SMILES string of the molecule is Oc1cc(-c2ccccc2)nn1Cc1ccccc1. The topological polar surface area (TPSA) is 38.1 Å². The molecule has 94 valence electrons. The maximum Gasteiger partial charge on any atom is 0.210 e. The lowest BCUT2D eigenvalue weighted by molar-refractivity contribution is 0.409. The van der Waals surface area contributed by atoms with E-state index in [2.05, 4.69) is 5.10 Å². The second kappa shape index (κ2) is 4.98. The molecule has 2 aromatic carbocycles. The van der Waals surface area contributed by atoms with Crippen LogP contribution in [0.3, 0.4) is 0 Å². The molecule has 0 fully saturated rings. The summed E-state index contributed by atoms with van der Waals surface area (Å²) in [5.74, 6) is 0.183. The standard InChI is InChI=1S/C16H14N2O/c19-16-11-15(14-9-5-2-6-10-14)17-18(16)12-13-7-3-1-4-8-13/h1-11,19H,12H2. The van der Waals surface area contributed by atoms with Gasteiger partial charge in [-0.15, -0.1) is 0 Å². The summed E-state index contributed by atoms with van der Waals surface area (Å²) in [4.78, 5) is 0. The van der Waals surface area contributed by atoms with Crippen molar-refractivity contribution in [2.75, 3.05) is 0 Å². The summed E-state index contributed by atoms with van der Waals surface area (Å²) in [7, 11) is 0. The Balaban J connectivity index is 1.90. The molecule has 0 saturated carbocycles. The number of aromatic hydroxyl groups is 1. The molecule has 0 unspecified atom stereocenters. The minimum absolute atomic E-state index is 0.183. The number of aromatic nitrogens is 2. The Kier molecular flexibility index (Phi) is 3.02. The average Bonchev–Trinajstić information content (AvgIpc) is 2.82. The second-order valence-electron chi connectivity index (χ2n) is 4.40. The average molecular weight is 250 g/mol. The monoisotopic (exact) mass is 250 g/mol. The lowest BCUT2D eigenvalue weighted by atomic mass is 10.2. The molecule has 1 N–H and O–H groups in total. The molecule has 0 atom stereocenters. The third-order valence-electron chi connectivity index (χ3n) is 3.00. The molecule has 0 aliphatic heterocycles. The molecule has 3 rings (SSSR count). The molecule has 0 amide bonds. The van der Waals surface area contributed by atoms with Crippen molar-refractivity contribution in [3.63, 3.8) is 0 Å². The van der Waals surface area contributed by atoms with Gasteiger partial charge in [0, 0.05) is 11.6 Å². The molecule has 3 heteroatoms. The van der Waals surface area contributed by atoms with E-state index in [4.69, 9.17) is 0 Å². The van der Waals surface area contributed by atoms with Crippen molar-refractivity contribution >= 4 is 0 Å². The Labute approximate surface area is 111 Å². The van der Waals surface area contributed by atoms with E-state index in [1.54, 1.807) is 10.7 Å². The highest BCUT2D eigenvalue weighted by molar-refractivity contribution is 5.59. The van der Waals surface area contributed by atoms with Gasteiger partial charge in [0.25, 0.3) is 0 Å². The molecule has 0 saturated heterocycles. The molecule has 19 heavy (non-hydrogen) atoms. The van der Waals surface area contributed by atoms with Gasteiger partial charge in [-0.05, 0) is 5.56 Å². The smallest absolute Gasteiger partial charge is 0.210 e. The van der Waals surface area contributed by atoms with Crippen molar-refractivity contribution in [3.05, 3.63) is 72.3 Å². The van der Waals surface area contributed by atoms with Gasteiger partial charge in [-0.1, -0.05) is 60.7 Å². The summed E-state index contributed by atoms with van der Waals surface area (Å²) in [6.45, 7) is 0.569. The van der Waals surface area contributed by atoms with E-state index >= 15 is 0 Å². The van der Waals surface area contributed by atoms with Gasteiger partial charge in [0.05, 0.1) is 12.2 Å². The van der Waals surface area contributed by atoms with Gasteiger partial charge in [0.2, 0.25) is 5.88 Å². The number of hydrogen-bond acceptors (Lipinski definition) is 2. The van der Waals surface area contributed by atoms with E-state index < -0.39 is 0 Å². The zero-order valence-electron chi connectivity index (χ0n) is 10.4. The Hall–Kier alpha value is -2.55. The zero-order valence-corrected chi connectivity index (χ0v) is 10.4. The fraction of sp³-hybridized carbons (Fsp3) is 0.0625. The largest absolute Gasteiger partial charge is 0.493 e. The van der Waals surface area contributed by atoms with Crippen molar-refractivity contribution in [1.29, 1.82) is 0 Å². The molecule has 1 heterocycles. The fourth-order valence-corrected chi connectivity index (χ4v) is 2.03. The lowest BCUT2D eigenvalue weighted by Gasteiger charge is -2.02. The molecule has 0 radical (unpaired) electrons. The fourth-order valence-electron chi connectivity index (χ4n) is 2.03. The van der Waals surface area contributed by atoms with Gasteiger partial charge >= 0.3 is 0 Å². The summed E-state index contributed by atoms with van der Waals surface area (Å²) in [6.07, 6.45) is 0. The number of rotatable bonds is 3. The molecule has 1 aromatic heterocycles. The molecule has 0 spiro atoms. The van der Waals surface area contributed by atoms with Crippen LogP contribution in [0.25, 0.3) is 11.3 Å². The molecule has 3 nitrogen and oxygen atoms in total. The number of hydrogen-bond donors (Lipinski definition) is 1. The van der Waals surface area contributed by atoms with Crippen LogP contribution in [-0.4, -0.2) is 14.9 Å². The maximum atomic E-state index is 9.95. The highest BCUT2D eigenvalue weighted by Crippen LogP contribution is 2.22. The second-order valence-corrected chi connectivity index (χ2v) is 4.40. The minimum atomic E-state index is 0.183. The first-order valence-electron chi connectivity index (χ1n) is 6.19. The quantitative estimate of drug-likeness (QED) is 0.774. The van der Waals surface area contributed by atoms with E-state index in [-0.39, 0.29) is 5.88 Å². The van der Waals surface area contributed by atoms with Crippen LogP contribution >= 0.6 is 0 Å². The van der Waals surface area contributed by atoms with Gasteiger partial charge in [0.1, 0.15) is 0 Å². The molecule has 0 aliphatic carbocycles.